The van der Waals surface area contributed by atoms with Crippen LogP contribution < -0.4 is 15.2 Å². The number of hydrogen-bond donors (Lipinski definition) is 0. The summed E-state index contributed by atoms with van der Waals surface area (Å²) < 4.78 is 8.43. The van der Waals surface area contributed by atoms with Crippen molar-refractivity contribution in [1.29, 1.82) is 0 Å². The molecule has 5 rings (SSSR count). The van der Waals surface area contributed by atoms with Crippen LogP contribution in [-0.4, -0.2) is 45.1 Å². The van der Waals surface area contributed by atoms with E-state index in [9.17, 15) is 9.59 Å². The number of anilines is 1. The number of carbonyl (C=O) groups excluding carboxylic acids is 1. The average molecular weight is 407 g/mol. The quantitative estimate of drug-likeness (QED) is 0.622. The van der Waals surface area contributed by atoms with Crippen molar-refractivity contribution in [2.45, 2.75) is 38.6 Å². The Morgan fingerprint density at radius 1 is 1.23 bits per heavy atom. The van der Waals surface area contributed by atoms with Crippen LogP contribution in [0.15, 0.2) is 41.6 Å². The van der Waals surface area contributed by atoms with Gasteiger partial charge in [-0.1, -0.05) is 6.42 Å². The molecule has 0 amide bonds. The van der Waals surface area contributed by atoms with Gasteiger partial charge in [-0.2, -0.15) is 5.10 Å². The molecule has 8 nitrogen and oxygen atoms in total. The highest BCUT2D eigenvalue weighted by atomic mass is 16.5. The van der Waals surface area contributed by atoms with Gasteiger partial charge in [-0.15, -0.1) is 0 Å². The Bertz CT molecular complexity index is 1160. The van der Waals surface area contributed by atoms with E-state index in [-0.39, 0.29) is 30.1 Å². The maximum atomic E-state index is 12.7. The van der Waals surface area contributed by atoms with Crippen LogP contribution in [0, 0.1) is 5.41 Å². The number of methoxy groups -OCH3 is 1. The Balaban J connectivity index is 1.36. The number of pyridine rings is 1. The molecule has 0 aromatic carbocycles. The summed E-state index contributed by atoms with van der Waals surface area (Å²) in [5.41, 5.74) is 1.69. The monoisotopic (exact) mass is 407 g/mol. The second kappa shape index (κ2) is 7.27. The molecule has 3 aromatic heterocycles. The summed E-state index contributed by atoms with van der Waals surface area (Å²) in [5.74, 6) is 0.847. The van der Waals surface area contributed by atoms with E-state index in [0.29, 0.717) is 11.2 Å². The molecule has 0 unspecified atom stereocenters. The zero-order valence-corrected chi connectivity index (χ0v) is 17.1. The van der Waals surface area contributed by atoms with Crippen molar-refractivity contribution in [2.24, 2.45) is 5.41 Å². The molecule has 1 saturated carbocycles. The van der Waals surface area contributed by atoms with Gasteiger partial charge in [-0.05, 0) is 42.4 Å². The molecule has 0 radical (unpaired) electrons. The summed E-state index contributed by atoms with van der Waals surface area (Å²) in [4.78, 5) is 31.9. The van der Waals surface area contributed by atoms with Gasteiger partial charge in [0, 0.05) is 44.2 Å². The fraction of sp³-hybridized carbons (Fsp3) is 0.455. The highest BCUT2D eigenvalue weighted by Gasteiger charge is 2.43. The van der Waals surface area contributed by atoms with Crippen LogP contribution in [0.25, 0.3) is 5.65 Å². The molecule has 0 bridgehead atoms. The smallest absolute Gasteiger partial charge is 0.309 e. The third-order valence-electron chi connectivity index (χ3n) is 6.51. The van der Waals surface area contributed by atoms with E-state index in [4.69, 9.17) is 4.74 Å². The third-order valence-corrected chi connectivity index (χ3v) is 6.51. The van der Waals surface area contributed by atoms with Gasteiger partial charge in [0.25, 0.3) is 0 Å². The molecule has 1 aliphatic carbocycles. The van der Waals surface area contributed by atoms with E-state index in [1.165, 1.54) is 31.1 Å². The van der Waals surface area contributed by atoms with Crippen LogP contribution >= 0.6 is 0 Å². The lowest BCUT2D eigenvalue weighted by Crippen LogP contribution is -2.35. The molecule has 0 N–H and O–H groups in total. The van der Waals surface area contributed by atoms with E-state index >= 15 is 0 Å². The van der Waals surface area contributed by atoms with E-state index in [2.05, 4.69) is 15.0 Å². The standard InChI is InChI=1S/C22H25N5O3/c1-30-18-13-20(26-9-6-22(15-26)4-2-5-22)24-27(21(18)29)14-17(28)11-16-3-8-25-10-7-23-19(25)12-16/h3,7-8,10,12-13H,2,4-6,9,11,14-15H2,1H3. The first-order valence-corrected chi connectivity index (χ1v) is 10.4. The molecule has 0 atom stereocenters. The molecule has 8 heteroatoms. The van der Waals surface area contributed by atoms with Crippen LogP contribution in [0.5, 0.6) is 5.75 Å². The first-order valence-electron chi connectivity index (χ1n) is 10.4. The lowest BCUT2D eigenvalue weighted by atomic mass is 9.68. The van der Waals surface area contributed by atoms with Gasteiger partial charge in [0.15, 0.2) is 17.4 Å². The van der Waals surface area contributed by atoms with E-state index in [1.807, 2.05) is 28.9 Å². The molecule has 156 valence electrons. The topological polar surface area (TPSA) is 81.7 Å². The van der Waals surface area contributed by atoms with Crippen molar-refractivity contribution >= 4 is 17.2 Å². The first-order chi connectivity index (χ1) is 14.5. The van der Waals surface area contributed by atoms with Crippen LogP contribution in [0.3, 0.4) is 0 Å². The number of fused-ring (bicyclic) bond motifs is 1. The molecular formula is C22H25N5O3. The Kier molecular flexibility index (Phi) is 4.56. The van der Waals surface area contributed by atoms with Crippen LogP contribution in [-0.2, 0) is 17.8 Å². The van der Waals surface area contributed by atoms with Crippen molar-refractivity contribution in [1.82, 2.24) is 19.2 Å². The molecular weight excluding hydrogens is 382 g/mol. The number of Topliss-reactive ketones (excluding diaryl/α,β-unsaturated/α-hetero) is 1. The summed E-state index contributed by atoms with van der Waals surface area (Å²) in [6, 6.07) is 5.47. The highest BCUT2D eigenvalue weighted by Crippen LogP contribution is 2.48. The van der Waals surface area contributed by atoms with Gasteiger partial charge in [0.05, 0.1) is 7.11 Å². The van der Waals surface area contributed by atoms with Crippen molar-refractivity contribution in [3.8, 4) is 5.75 Å². The van der Waals surface area contributed by atoms with Gasteiger partial charge in [0.1, 0.15) is 12.2 Å². The summed E-state index contributed by atoms with van der Waals surface area (Å²) in [7, 11) is 1.48. The Morgan fingerprint density at radius 2 is 2.10 bits per heavy atom. The Morgan fingerprint density at radius 3 is 2.83 bits per heavy atom. The summed E-state index contributed by atoms with van der Waals surface area (Å²) >= 11 is 0. The summed E-state index contributed by atoms with van der Waals surface area (Å²) in [6.45, 7) is 1.80. The van der Waals surface area contributed by atoms with E-state index in [1.54, 1.807) is 12.3 Å². The third kappa shape index (κ3) is 3.36. The number of hydrogen-bond acceptors (Lipinski definition) is 6. The summed E-state index contributed by atoms with van der Waals surface area (Å²) in [5, 5.41) is 4.52. The second-order valence-corrected chi connectivity index (χ2v) is 8.50. The van der Waals surface area contributed by atoms with E-state index < -0.39 is 0 Å². The second-order valence-electron chi connectivity index (χ2n) is 8.50. The van der Waals surface area contributed by atoms with Crippen LogP contribution in [0.1, 0.15) is 31.2 Å². The van der Waals surface area contributed by atoms with Gasteiger partial charge >= 0.3 is 5.56 Å². The first kappa shape index (κ1) is 18.8. The number of aromatic nitrogens is 4. The highest BCUT2D eigenvalue weighted by molar-refractivity contribution is 5.80. The molecule has 2 aliphatic rings. The molecule has 2 fully saturated rings. The maximum absolute atomic E-state index is 12.7. The lowest BCUT2D eigenvalue weighted by molar-refractivity contribution is -0.119. The molecule has 1 saturated heterocycles. The van der Waals surface area contributed by atoms with Crippen molar-refractivity contribution < 1.29 is 9.53 Å². The van der Waals surface area contributed by atoms with Crippen molar-refractivity contribution in [3.05, 3.63) is 52.7 Å². The normalized spacial score (nSPS) is 17.4. The Hall–Kier alpha value is -3.16. The van der Waals surface area contributed by atoms with Crippen LogP contribution in [0.2, 0.25) is 0 Å². The van der Waals surface area contributed by atoms with Gasteiger partial charge in [-0.25, -0.2) is 9.67 Å². The number of rotatable bonds is 6. The number of imidazole rings is 1. The Labute approximate surface area is 174 Å². The number of carbonyl (C=O) groups is 1. The number of ether oxygens (including phenoxy) is 1. The number of nitrogens with zero attached hydrogens (tertiary/aromatic N) is 5. The average Bonchev–Trinajstić information content (AvgIpc) is 3.36. The molecule has 1 spiro atoms. The molecule has 1 aliphatic heterocycles. The SMILES string of the molecule is COc1cc(N2CCC3(CCC3)C2)nn(CC(=O)Cc2ccn3ccnc3c2)c1=O. The van der Waals surface area contributed by atoms with Gasteiger partial charge in [-0.3, -0.25) is 9.59 Å². The van der Waals surface area contributed by atoms with Crippen LogP contribution in [0.4, 0.5) is 5.82 Å². The largest absolute Gasteiger partial charge is 0.491 e. The van der Waals surface area contributed by atoms with Crippen molar-refractivity contribution in [2.75, 3.05) is 25.1 Å². The fourth-order valence-corrected chi connectivity index (χ4v) is 4.64. The summed E-state index contributed by atoms with van der Waals surface area (Å²) in [6.07, 6.45) is 10.6. The van der Waals surface area contributed by atoms with E-state index in [0.717, 1.165) is 30.7 Å². The zero-order chi connectivity index (χ0) is 20.7. The lowest BCUT2D eigenvalue weighted by Gasteiger charge is -2.38. The predicted octanol–water partition coefficient (Wildman–Crippen LogP) is 2.09. The minimum absolute atomic E-state index is 0.0817. The molecule has 3 aromatic rings. The zero-order valence-electron chi connectivity index (χ0n) is 17.1. The van der Waals surface area contributed by atoms with Gasteiger partial charge in [0.2, 0.25) is 0 Å². The fourth-order valence-electron chi connectivity index (χ4n) is 4.64. The predicted molar refractivity (Wildman–Crippen MR) is 112 cm³/mol. The molecule has 30 heavy (non-hydrogen) atoms. The number of ketones is 1. The maximum Gasteiger partial charge on any atom is 0.309 e. The molecule has 4 heterocycles. The van der Waals surface area contributed by atoms with Crippen molar-refractivity contribution in [3.63, 3.8) is 0 Å². The minimum atomic E-state index is -0.379. The minimum Gasteiger partial charge on any atom is -0.491 e. The van der Waals surface area contributed by atoms with Gasteiger partial charge < -0.3 is 14.0 Å².